The van der Waals surface area contributed by atoms with Crippen molar-refractivity contribution >= 4 is 45.9 Å². The minimum atomic E-state index is -0.538. The number of halogens is 1. The third-order valence-corrected chi connectivity index (χ3v) is 6.50. The monoisotopic (exact) mass is 493 g/mol. The summed E-state index contributed by atoms with van der Waals surface area (Å²) in [6.07, 6.45) is 0.873. The number of hydrogen-bond acceptors (Lipinski definition) is 7. The first kappa shape index (κ1) is 22.2. The fourth-order valence-corrected chi connectivity index (χ4v) is 4.66. The molecule has 2 N–H and O–H groups in total. The average Bonchev–Trinajstić information content (AvgIpc) is 3.48. The molecule has 0 saturated carbocycles. The van der Waals surface area contributed by atoms with Gasteiger partial charge in [-0.2, -0.15) is 0 Å². The van der Waals surface area contributed by atoms with Crippen molar-refractivity contribution in [3.63, 3.8) is 0 Å². The van der Waals surface area contributed by atoms with E-state index in [1.807, 2.05) is 29.3 Å². The van der Waals surface area contributed by atoms with E-state index in [2.05, 4.69) is 32.9 Å². The molecule has 2 aromatic carbocycles. The van der Waals surface area contributed by atoms with Crippen LogP contribution in [0.5, 0.6) is 0 Å². The predicted molar refractivity (Wildman–Crippen MR) is 134 cm³/mol. The summed E-state index contributed by atoms with van der Waals surface area (Å²) < 4.78 is 20.1. The SMILES string of the molecule is Cc1nc(-c2cc(C(=O)NC(=S)Nc3ccc(N4CCc5ccccc5C4)c(F)c3)no2)cs1. The predicted octanol–water partition coefficient (Wildman–Crippen LogP) is 4.94. The van der Waals surface area contributed by atoms with Gasteiger partial charge >= 0.3 is 0 Å². The van der Waals surface area contributed by atoms with Crippen molar-refractivity contribution in [1.29, 1.82) is 0 Å². The molecule has 0 fully saturated rings. The Bertz CT molecular complexity index is 1380. The quantitative estimate of drug-likeness (QED) is 0.390. The maximum atomic E-state index is 14.9. The first-order valence-corrected chi connectivity index (χ1v) is 11.9. The second kappa shape index (κ2) is 9.32. The van der Waals surface area contributed by atoms with Crippen LogP contribution in [0.3, 0.4) is 0 Å². The molecule has 0 atom stereocenters. The lowest BCUT2D eigenvalue weighted by Gasteiger charge is -2.31. The second-order valence-corrected chi connectivity index (χ2v) is 9.31. The minimum Gasteiger partial charge on any atom is -0.364 e. The number of nitrogens with one attached hydrogen (secondary N) is 2. The lowest BCUT2D eigenvalue weighted by Crippen LogP contribution is -2.34. The zero-order valence-electron chi connectivity index (χ0n) is 18.2. The molecule has 0 saturated heterocycles. The van der Waals surface area contributed by atoms with E-state index in [9.17, 15) is 9.18 Å². The van der Waals surface area contributed by atoms with Crippen LogP contribution in [0.1, 0.15) is 26.6 Å². The maximum Gasteiger partial charge on any atom is 0.279 e. The molecule has 34 heavy (non-hydrogen) atoms. The Morgan fingerprint density at radius 3 is 2.79 bits per heavy atom. The van der Waals surface area contributed by atoms with Gasteiger partial charge in [-0.3, -0.25) is 10.1 Å². The third kappa shape index (κ3) is 4.68. The Morgan fingerprint density at radius 1 is 1.21 bits per heavy atom. The minimum absolute atomic E-state index is 0.0260. The van der Waals surface area contributed by atoms with E-state index in [0.717, 1.165) is 18.0 Å². The highest BCUT2D eigenvalue weighted by Crippen LogP contribution is 2.28. The van der Waals surface area contributed by atoms with Crippen molar-refractivity contribution in [2.24, 2.45) is 0 Å². The first-order chi connectivity index (χ1) is 16.5. The van der Waals surface area contributed by atoms with Crippen LogP contribution in [0.4, 0.5) is 15.8 Å². The fraction of sp³-hybridized carbons (Fsp3) is 0.167. The molecule has 0 aliphatic carbocycles. The topological polar surface area (TPSA) is 83.3 Å². The molecule has 5 rings (SSSR count). The van der Waals surface area contributed by atoms with Crippen LogP contribution in [0.25, 0.3) is 11.5 Å². The number of anilines is 2. The summed E-state index contributed by atoms with van der Waals surface area (Å²) in [4.78, 5) is 18.8. The number of carbonyl (C=O) groups excluding carboxylic acids is 1. The van der Waals surface area contributed by atoms with Crippen LogP contribution in [0.2, 0.25) is 0 Å². The van der Waals surface area contributed by atoms with Gasteiger partial charge < -0.3 is 14.7 Å². The van der Waals surface area contributed by atoms with Gasteiger partial charge in [0.15, 0.2) is 16.6 Å². The van der Waals surface area contributed by atoms with Gasteiger partial charge in [0.2, 0.25) is 0 Å². The van der Waals surface area contributed by atoms with E-state index < -0.39 is 5.91 Å². The number of hydrogen-bond donors (Lipinski definition) is 2. The van der Waals surface area contributed by atoms with Crippen LogP contribution < -0.4 is 15.5 Å². The molecule has 0 radical (unpaired) electrons. The normalized spacial score (nSPS) is 12.8. The Morgan fingerprint density at radius 2 is 2.03 bits per heavy atom. The van der Waals surface area contributed by atoms with Crippen molar-refractivity contribution in [2.75, 3.05) is 16.8 Å². The summed E-state index contributed by atoms with van der Waals surface area (Å²) in [6.45, 7) is 3.28. The zero-order valence-corrected chi connectivity index (χ0v) is 19.8. The van der Waals surface area contributed by atoms with Crippen molar-refractivity contribution in [2.45, 2.75) is 19.9 Å². The van der Waals surface area contributed by atoms with Crippen molar-refractivity contribution in [3.8, 4) is 11.5 Å². The molecule has 172 valence electrons. The summed E-state index contributed by atoms with van der Waals surface area (Å²) in [7, 11) is 0. The van der Waals surface area contributed by atoms with Gasteiger partial charge in [0.1, 0.15) is 11.5 Å². The number of carbonyl (C=O) groups is 1. The largest absolute Gasteiger partial charge is 0.364 e. The van der Waals surface area contributed by atoms with Gasteiger partial charge in [-0.15, -0.1) is 11.3 Å². The van der Waals surface area contributed by atoms with Crippen molar-refractivity contribution in [1.82, 2.24) is 15.5 Å². The molecular weight excluding hydrogens is 473 g/mol. The average molecular weight is 494 g/mol. The molecule has 0 bridgehead atoms. The van der Waals surface area contributed by atoms with Crippen molar-refractivity contribution < 1.29 is 13.7 Å². The summed E-state index contributed by atoms with van der Waals surface area (Å²) in [5.74, 6) is -0.506. The summed E-state index contributed by atoms with van der Waals surface area (Å²) in [6, 6.07) is 14.5. The second-order valence-electron chi connectivity index (χ2n) is 7.84. The van der Waals surface area contributed by atoms with Gasteiger partial charge in [-0.25, -0.2) is 9.37 Å². The van der Waals surface area contributed by atoms with E-state index in [4.69, 9.17) is 16.7 Å². The molecule has 2 aromatic heterocycles. The van der Waals surface area contributed by atoms with E-state index in [-0.39, 0.29) is 16.6 Å². The van der Waals surface area contributed by atoms with E-state index in [1.54, 1.807) is 12.1 Å². The number of aryl methyl sites for hydroxylation is 1. The van der Waals surface area contributed by atoms with Crippen LogP contribution >= 0.6 is 23.6 Å². The highest BCUT2D eigenvalue weighted by Gasteiger charge is 2.20. The summed E-state index contributed by atoms with van der Waals surface area (Å²) in [5.41, 5.74) is 4.16. The number of fused-ring (bicyclic) bond motifs is 1. The molecule has 0 unspecified atom stereocenters. The van der Waals surface area contributed by atoms with Crippen LogP contribution in [-0.2, 0) is 13.0 Å². The number of thiazole rings is 1. The highest BCUT2D eigenvalue weighted by molar-refractivity contribution is 7.80. The lowest BCUT2D eigenvalue weighted by atomic mass is 9.99. The van der Waals surface area contributed by atoms with Gasteiger partial charge in [-0.1, -0.05) is 29.4 Å². The Kier molecular flexibility index (Phi) is 6.08. The molecular formula is C24H20FN5O2S2. The summed E-state index contributed by atoms with van der Waals surface area (Å²) in [5, 5.41) is 11.9. The number of thiocarbonyl (C=S) groups is 1. The molecule has 0 spiro atoms. The fourth-order valence-electron chi connectivity index (χ4n) is 3.85. The molecule has 3 heterocycles. The Labute approximate surface area is 204 Å². The number of benzene rings is 2. The van der Waals surface area contributed by atoms with E-state index >= 15 is 0 Å². The first-order valence-electron chi connectivity index (χ1n) is 10.6. The molecule has 4 aromatic rings. The van der Waals surface area contributed by atoms with Crippen molar-refractivity contribution in [3.05, 3.63) is 81.6 Å². The van der Waals surface area contributed by atoms with Gasteiger partial charge in [-0.05, 0) is 54.9 Å². The van der Waals surface area contributed by atoms with Crippen LogP contribution in [0, 0.1) is 12.7 Å². The smallest absolute Gasteiger partial charge is 0.279 e. The molecule has 1 aliphatic rings. The standard InChI is InChI=1S/C24H20FN5O2S2/c1-14-26-20(13-34-14)22-11-19(29-32-22)23(31)28-24(33)27-17-6-7-21(18(25)10-17)30-9-8-15-4-2-3-5-16(15)12-30/h2-7,10-11,13H,8-9,12H2,1H3,(H2,27,28,31,33). The Hall–Kier alpha value is -3.63. The third-order valence-electron chi connectivity index (χ3n) is 5.52. The highest BCUT2D eigenvalue weighted by atomic mass is 32.1. The number of nitrogens with zero attached hydrogens (tertiary/aromatic N) is 3. The summed E-state index contributed by atoms with van der Waals surface area (Å²) >= 11 is 6.69. The molecule has 1 aliphatic heterocycles. The zero-order chi connectivity index (χ0) is 23.7. The molecule has 1 amide bonds. The molecule has 7 nitrogen and oxygen atoms in total. The van der Waals surface area contributed by atoms with Gasteiger partial charge in [0, 0.05) is 30.2 Å². The number of amides is 1. The number of aromatic nitrogens is 2. The van der Waals surface area contributed by atoms with E-state index in [1.165, 1.54) is 34.6 Å². The van der Waals surface area contributed by atoms with Crippen LogP contribution in [0.15, 0.2) is 58.4 Å². The van der Waals surface area contributed by atoms with Gasteiger partial charge in [0.25, 0.3) is 5.91 Å². The maximum absolute atomic E-state index is 14.9. The molecule has 10 heteroatoms. The number of rotatable bonds is 4. The van der Waals surface area contributed by atoms with E-state index in [0.29, 0.717) is 29.4 Å². The Balaban J connectivity index is 1.21. The van der Waals surface area contributed by atoms with Crippen LogP contribution in [-0.4, -0.2) is 27.7 Å². The lowest BCUT2D eigenvalue weighted by molar-refractivity contribution is 0.0969. The van der Waals surface area contributed by atoms with Gasteiger partial charge in [0.05, 0.1) is 10.7 Å².